The smallest absolute Gasteiger partial charge is 0.328 e. The van der Waals surface area contributed by atoms with E-state index in [1.54, 1.807) is 16.7 Å². The van der Waals surface area contributed by atoms with Gasteiger partial charge in [0.15, 0.2) is 0 Å². The third-order valence-corrected chi connectivity index (χ3v) is 4.12. The molecule has 108 valence electrons. The van der Waals surface area contributed by atoms with Gasteiger partial charge in [0.2, 0.25) is 0 Å². The zero-order valence-corrected chi connectivity index (χ0v) is 12.6. The van der Waals surface area contributed by atoms with Crippen molar-refractivity contribution in [1.29, 1.82) is 0 Å². The van der Waals surface area contributed by atoms with Crippen molar-refractivity contribution in [2.24, 2.45) is 0 Å². The summed E-state index contributed by atoms with van der Waals surface area (Å²) in [6, 6.07) is 7.17. The van der Waals surface area contributed by atoms with Crippen molar-refractivity contribution in [3.05, 3.63) is 35.4 Å². The Balaban J connectivity index is 2.11. The molecule has 1 heterocycles. The van der Waals surface area contributed by atoms with Crippen LogP contribution in [0.15, 0.2) is 24.3 Å². The van der Waals surface area contributed by atoms with Crippen LogP contribution in [0.3, 0.4) is 0 Å². The number of carbonyl (C=O) groups is 2. The number of amides is 1. The average Bonchev–Trinajstić information content (AvgIpc) is 2.96. The van der Waals surface area contributed by atoms with Gasteiger partial charge in [0.25, 0.3) is 5.91 Å². The first-order chi connectivity index (χ1) is 9.67. The molecule has 1 fully saturated rings. The van der Waals surface area contributed by atoms with Crippen molar-refractivity contribution < 1.29 is 14.3 Å². The van der Waals surface area contributed by atoms with Crippen LogP contribution in [0.1, 0.15) is 28.8 Å². The molecule has 1 aliphatic rings. The molecule has 1 saturated heterocycles. The van der Waals surface area contributed by atoms with Crippen molar-refractivity contribution in [1.82, 2.24) is 4.90 Å². The van der Waals surface area contributed by atoms with E-state index in [1.807, 2.05) is 30.5 Å². The van der Waals surface area contributed by atoms with E-state index in [1.165, 1.54) is 12.7 Å². The topological polar surface area (TPSA) is 46.6 Å². The van der Waals surface area contributed by atoms with E-state index >= 15 is 0 Å². The Morgan fingerprint density at radius 1 is 1.35 bits per heavy atom. The number of hydrogen-bond donors (Lipinski definition) is 0. The average molecular weight is 293 g/mol. The molecule has 0 N–H and O–H groups in total. The van der Waals surface area contributed by atoms with Crippen LogP contribution >= 0.6 is 11.8 Å². The highest BCUT2D eigenvalue weighted by Gasteiger charge is 2.35. The molecule has 0 saturated carbocycles. The molecule has 0 aliphatic carbocycles. The molecule has 0 aromatic heterocycles. The van der Waals surface area contributed by atoms with Crippen molar-refractivity contribution in [2.45, 2.75) is 24.6 Å². The second kappa shape index (κ2) is 6.79. The Morgan fingerprint density at radius 2 is 2.05 bits per heavy atom. The van der Waals surface area contributed by atoms with Gasteiger partial charge in [-0.3, -0.25) is 4.79 Å². The largest absolute Gasteiger partial charge is 0.467 e. The highest BCUT2D eigenvalue weighted by Crippen LogP contribution is 2.21. The number of methoxy groups -OCH3 is 1. The van der Waals surface area contributed by atoms with Crippen LogP contribution in [0.4, 0.5) is 0 Å². The molecule has 0 spiro atoms. The second-order valence-electron chi connectivity index (χ2n) is 4.81. The lowest BCUT2D eigenvalue weighted by Crippen LogP contribution is -2.41. The quantitative estimate of drug-likeness (QED) is 0.799. The molecule has 1 aromatic carbocycles. The summed E-state index contributed by atoms with van der Waals surface area (Å²) in [7, 11) is 1.36. The van der Waals surface area contributed by atoms with Crippen LogP contribution in [-0.2, 0) is 15.3 Å². The molecule has 1 amide bonds. The Labute approximate surface area is 123 Å². The first kappa shape index (κ1) is 14.9. The van der Waals surface area contributed by atoms with Gasteiger partial charge >= 0.3 is 5.97 Å². The Hall–Kier alpha value is -1.49. The summed E-state index contributed by atoms with van der Waals surface area (Å²) in [6.45, 7) is 0.616. The number of nitrogens with zero attached hydrogens (tertiary/aromatic N) is 1. The third kappa shape index (κ3) is 3.15. The van der Waals surface area contributed by atoms with Gasteiger partial charge in [0.1, 0.15) is 6.04 Å². The minimum absolute atomic E-state index is 0.0893. The van der Waals surface area contributed by atoms with Gasteiger partial charge in [-0.2, -0.15) is 11.8 Å². The fourth-order valence-corrected chi connectivity index (χ4v) is 2.99. The van der Waals surface area contributed by atoms with E-state index in [4.69, 9.17) is 4.74 Å². The zero-order chi connectivity index (χ0) is 14.5. The molecule has 4 nitrogen and oxygen atoms in total. The maximum atomic E-state index is 12.5. The molecule has 5 heteroatoms. The third-order valence-electron chi connectivity index (χ3n) is 3.50. The predicted molar refractivity (Wildman–Crippen MR) is 79.7 cm³/mol. The first-order valence-electron chi connectivity index (χ1n) is 6.64. The van der Waals surface area contributed by atoms with Gasteiger partial charge in [-0.1, -0.05) is 12.1 Å². The summed E-state index contributed by atoms with van der Waals surface area (Å²) in [5.74, 6) is 0.520. The number of carbonyl (C=O) groups excluding carboxylic acids is 2. The maximum absolute atomic E-state index is 12.5. The maximum Gasteiger partial charge on any atom is 0.328 e. The van der Waals surface area contributed by atoms with E-state index in [2.05, 4.69) is 0 Å². The minimum atomic E-state index is -0.432. The van der Waals surface area contributed by atoms with Crippen molar-refractivity contribution in [2.75, 3.05) is 19.9 Å². The number of benzene rings is 1. The van der Waals surface area contributed by atoms with Gasteiger partial charge in [0, 0.05) is 17.9 Å². The lowest BCUT2D eigenvalue weighted by molar-refractivity contribution is -0.145. The summed E-state index contributed by atoms with van der Waals surface area (Å²) in [4.78, 5) is 25.8. The molecule has 1 aliphatic heterocycles. The molecule has 0 bridgehead atoms. The summed E-state index contributed by atoms with van der Waals surface area (Å²) in [5.41, 5.74) is 1.82. The van der Waals surface area contributed by atoms with Crippen LogP contribution in [0.5, 0.6) is 0 Å². The van der Waals surface area contributed by atoms with Crippen LogP contribution in [0, 0.1) is 0 Å². The number of thioether (sulfide) groups is 1. The zero-order valence-electron chi connectivity index (χ0n) is 11.8. The van der Waals surface area contributed by atoms with E-state index < -0.39 is 6.04 Å². The number of ether oxygens (including phenoxy) is 1. The van der Waals surface area contributed by atoms with Crippen LogP contribution < -0.4 is 0 Å². The summed E-state index contributed by atoms with van der Waals surface area (Å²) >= 11 is 1.75. The molecular formula is C15H19NO3S. The normalized spacial score (nSPS) is 18.1. The Bertz CT molecular complexity index is 486. The van der Waals surface area contributed by atoms with Gasteiger partial charge < -0.3 is 9.64 Å². The van der Waals surface area contributed by atoms with Crippen LogP contribution in [0.2, 0.25) is 0 Å². The number of rotatable bonds is 4. The van der Waals surface area contributed by atoms with E-state index in [0.29, 0.717) is 18.5 Å². The fourth-order valence-electron chi connectivity index (χ4n) is 2.47. The van der Waals surface area contributed by atoms with Gasteiger partial charge in [-0.15, -0.1) is 0 Å². The summed E-state index contributed by atoms with van der Waals surface area (Å²) in [6.07, 6.45) is 3.57. The first-order valence-corrected chi connectivity index (χ1v) is 8.03. The molecular weight excluding hydrogens is 274 g/mol. The molecule has 1 atom stereocenters. The lowest BCUT2D eigenvalue weighted by atomic mass is 10.1. The fraction of sp³-hybridized carbons (Fsp3) is 0.467. The van der Waals surface area contributed by atoms with E-state index in [9.17, 15) is 9.59 Å². The number of esters is 1. The minimum Gasteiger partial charge on any atom is -0.467 e. The number of hydrogen-bond acceptors (Lipinski definition) is 4. The second-order valence-corrected chi connectivity index (χ2v) is 5.68. The van der Waals surface area contributed by atoms with Crippen molar-refractivity contribution in [3.8, 4) is 0 Å². The molecule has 1 unspecified atom stereocenters. The highest BCUT2D eigenvalue weighted by molar-refractivity contribution is 7.97. The van der Waals surface area contributed by atoms with Gasteiger partial charge in [-0.05, 0) is 36.8 Å². The standard InChI is InChI=1S/C15H19NO3S/c1-19-15(18)13-4-3-9-16(13)14(17)12-7-5-11(6-8-12)10-20-2/h5-8,13H,3-4,9-10H2,1-2H3. The van der Waals surface area contributed by atoms with Crippen LogP contribution in [0.25, 0.3) is 0 Å². The molecule has 2 rings (SSSR count). The van der Waals surface area contributed by atoms with E-state index in [0.717, 1.165) is 12.2 Å². The Morgan fingerprint density at radius 3 is 2.65 bits per heavy atom. The predicted octanol–water partition coefficient (Wildman–Crippen LogP) is 2.33. The number of likely N-dealkylation sites (tertiary alicyclic amines) is 1. The molecule has 1 aromatic rings. The highest BCUT2D eigenvalue weighted by atomic mass is 32.2. The summed E-state index contributed by atoms with van der Waals surface area (Å²) < 4.78 is 4.77. The van der Waals surface area contributed by atoms with Crippen molar-refractivity contribution >= 4 is 23.6 Å². The lowest BCUT2D eigenvalue weighted by Gasteiger charge is -2.22. The monoisotopic (exact) mass is 293 g/mol. The van der Waals surface area contributed by atoms with Crippen LogP contribution in [-0.4, -0.2) is 42.7 Å². The molecule has 0 radical (unpaired) electrons. The van der Waals surface area contributed by atoms with Gasteiger partial charge in [-0.25, -0.2) is 4.79 Å². The molecule has 20 heavy (non-hydrogen) atoms. The summed E-state index contributed by atoms with van der Waals surface area (Å²) in [5, 5.41) is 0. The SMILES string of the molecule is COC(=O)C1CCCN1C(=O)c1ccc(CSC)cc1. The van der Waals surface area contributed by atoms with Gasteiger partial charge in [0.05, 0.1) is 7.11 Å². The van der Waals surface area contributed by atoms with E-state index in [-0.39, 0.29) is 11.9 Å². The van der Waals surface area contributed by atoms with Crippen molar-refractivity contribution in [3.63, 3.8) is 0 Å². The Kier molecular flexibility index (Phi) is 5.06.